The van der Waals surface area contributed by atoms with Crippen LogP contribution in [0.5, 0.6) is 40.2 Å². The van der Waals surface area contributed by atoms with Crippen LogP contribution in [-0.4, -0.2) is 42.4 Å². The van der Waals surface area contributed by atoms with Crippen molar-refractivity contribution in [3.05, 3.63) is 88.1 Å². The number of fused-ring (bicyclic) bond motifs is 2. The number of carbonyl (C=O) groups is 1. The highest BCUT2D eigenvalue weighted by Gasteiger charge is 2.32. The Hall–Kier alpha value is -5.64. The van der Waals surface area contributed by atoms with Crippen LogP contribution >= 0.6 is 0 Å². The molecule has 4 aromatic carbocycles. The lowest BCUT2D eigenvalue weighted by atomic mass is 9.92. The number of methoxy groups -OCH3 is 3. The lowest BCUT2D eigenvalue weighted by Gasteiger charge is -2.27. The molecule has 0 unspecified atom stereocenters. The molecule has 1 aromatic heterocycles. The van der Waals surface area contributed by atoms with E-state index < -0.39 is 11.5 Å². The van der Waals surface area contributed by atoms with Crippen LogP contribution in [0, 0.1) is 0 Å². The van der Waals surface area contributed by atoms with Gasteiger partial charge in [-0.15, -0.1) is 0 Å². The minimum absolute atomic E-state index is 0.0449. The van der Waals surface area contributed by atoms with Gasteiger partial charge in [0.2, 0.25) is 0 Å². The van der Waals surface area contributed by atoms with E-state index in [-0.39, 0.29) is 63.2 Å². The molecule has 6 rings (SSSR count). The molecule has 1 atom stereocenters. The number of benzene rings is 4. The number of rotatable bonds is 6. The second kappa shape index (κ2) is 10.6. The van der Waals surface area contributed by atoms with Crippen LogP contribution in [0.2, 0.25) is 0 Å². The minimum atomic E-state index is -0.731. The maximum absolute atomic E-state index is 13.3. The van der Waals surface area contributed by atoms with Crippen LogP contribution in [0.3, 0.4) is 0 Å². The van der Waals surface area contributed by atoms with Crippen molar-refractivity contribution in [1.82, 2.24) is 0 Å². The van der Waals surface area contributed by atoms with Crippen molar-refractivity contribution in [3.63, 3.8) is 0 Å². The standard InChI is InChI=1S/C33H26O10/c1-39-19-11-21(35)31-22(36)13-27(42-29(31)12-19)17-6-9-25(40-2)20(10-17)30-28(41-3)15-24(38)32-23(37)14-26(43-33(30)32)16-4-7-18(34)8-5-16/h4-12,14-15,27,34-35,38H,13H2,1-3H3/t27-/m0/s1. The molecule has 0 saturated heterocycles. The smallest absolute Gasteiger partial charge is 0.197 e. The molecule has 0 amide bonds. The van der Waals surface area contributed by atoms with Crippen LogP contribution in [0.1, 0.15) is 28.4 Å². The van der Waals surface area contributed by atoms with E-state index in [1.54, 1.807) is 36.4 Å². The van der Waals surface area contributed by atoms with E-state index in [1.165, 1.54) is 51.7 Å². The number of hydrogen-bond donors (Lipinski definition) is 3. The third kappa shape index (κ3) is 4.72. The Balaban J connectivity index is 1.56. The van der Waals surface area contributed by atoms with E-state index in [1.807, 2.05) is 0 Å². The quantitative estimate of drug-likeness (QED) is 0.219. The van der Waals surface area contributed by atoms with Gasteiger partial charge in [0.05, 0.1) is 33.3 Å². The van der Waals surface area contributed by atoms with Crippen molar-refractivity contribution in [3.8, 4) is 62.7 Å². The van der Waals surface area contributed by atoms with Crippen molar-refractivity contribution < 1.29 is 43.5 Å². The van der Waals surface area contributed by atoms with Gasteiger partial charge in [0.1, 0.15) is 63.1 Å². The topological polar surface area (TPSA) is 145 Å². The Morgan fingerprint density at radius 3 is 2.21 bits per heavy atom. The molecule has 0 fully saturated rings. The Morgan fingerprint density at radius 1 is 0.767 bits per heavy atom. The Bertz CT molecular complexity index is 1960. The van der Waals surface area contributed by atoms with E-state index >= 15 is 0 Å². The Kier molecular flexibility index (Phi) is 6.81. The molecule has 10 nitrogen and oxygen atoms in total. The predicted octanol–water partition coefficient (Wildman–Crippen LogP) is 5.98. The first kappa shape index (κ1) is 27.5. The van der Waals surface area contributed by atoms with Gasteiger partial charge in [-0.25, -0.2) is 0 Å². The zero-order chi connectivity index (χ0) is 30.4. The molecule has 10 heteroatoms. The van der Waals surface area contributed by atoms with Crippen molar-refractivity contribution in [2.45, 2.75) is 12.5 Å². The lowest BCUT2D eigenvalue weighted by molar-refractivity contribution is 0.0844. The fourth-order valence-electron chi connectivity index (χ4n) is 5.32. The van der Waals surface area contributed by atoms with Gasteiger partial charge >= 0.3 is 0 Å². The van der Waals surface area contributed by atoms with E-state index in [9.17, 15) is 24.9 Å². The number of ketones is 1. The maximum atomic E-state index is 13.3. The molecule has 0 bridgehead atoms. The molecule has 1 aliphatic heterocycles. The first-order chi connectivity index (χ1) is 20.7. The first-order valence-electron chi connectivity index (χ1n) is 13.2. The molecule has 0 radical (unpaired) electrons. The normalized spacial score (nSPS) is 14.2. The summed E-state index contributed by atoms with van der Waals surface area (Å²) in [5.74, 6) is 0.506. The third-order valence-corrected chi connectivity index (χ3v) is 7.39. The number of phenolic OH excluding ortho intramolecular Hbond substituents is 3. The molecular formula is C33H26O10. The predicted molar refractivity (Wildman–Crippen MR) is 157 cm³/mol. The molecule has 1 aliphatic rings. The van der Waals surface area contributed by atoms with E-state index in [0.29, 0.717) is 33.8 Å². The van der Waals surface area contributed by atoms with Crippen LogP contribution in [0.25, 0.3) is 33.4 Å². The fraction of sp³-hybridized carbons (Fsp3) is 0.152. The average molecular weight is 583 g/mol. The van der Waals surface area contributed by atoms with Gasteiger partial charge in [-0.1, -0.05) is 6.07 Å². The monoisotopic (exact) mass is 582 g/mol. The van der Waals surface area contributed by atoms with Crippen LogP contribution < -0.4 is 24.4 Å². The summed E-state index contributed by atoms with van der Waals surface area (Å²) < 4.78 is 29.0. The maximum Gasteiger partial charge on any atom is 0.197 e. The molecule has 5 aromatic rings. The summed E-state index contributed by atoms with van der Waals surface area (Å²) in [5.41, 5.74) is 1.53. The van der Waals surface area contributed by atoms with Crippen molar-refractivity contribution in [2.24, 2.45) is 0 Å². The van der Waals surface area contributed by atoms with Crippen LogP contribution in [0.4, 0.5) is 0 Å². The minimum Gasteiger partial charge on any atom is -0.508 e. The second-order valence-corrected chi connectivity index (χ2v) is 9.91. The number of carbonyl (C=O) groups excluding carboxylic acids is 1. The molecule has 218 valence electrons. The third-order valence-electron chi connectivity index (χ3n) is 7.39. The number of hydrogen-bond acceptors (Lipinski definition) is 10. The molecule has 0 spiro atoms. The molecule has 0 aliphatic carbocycles. The number of ether oxygens (including phenoxy) is 4. The zero-order valence-electron chi connectivity index (χ0n) is 23.3. The van der Waals surface area contributed by atoms with E-state index in [0.717, 1.165) is 0 Å². The molecule has 43 heavy (non-hydrogen) atoms. The number of aromatic hydroxyl groups is 3. The van der Waals surface area contributed by atoms with Gasteiger partial charge in [-0.2, -0.15) is 0 Å². The summed E-state index contributed by atoms with van der Waals surface area (Å²) in [6, 6.07) is 16.8. The second-order valence-electron chi connectivity index (χ2n) is 9.91. The highest BCUT2D eigenvalue weighted by atomic mass is 16.5. The van der Waals surface area contributed by atoms with E-state index in [2.05, 4.69) is 0 Å². The largest absolute Gasteiger partial charge is 0.508 e. The van der Waals surface area contributed by atoms with Gasteiger partial charge in [0.15, 0.2) is 16.8 Å². The van der Waals surface area contributed by atoms with Gasteiger partial charge < -0.3 is 38.7 Å². The van der Waals surface area contributed by atoms with Gasteiger partial charge in [-0.3, -0.25) is 9.59 Å². The molecular weight excluding hydrogens is 556 g/mol. The summed E-state index contributed by atoms with van der Waals surface area (Å²) in [6.07, 6.45) is -0.781. The summed E-state index contributed by atoms with van der Waals surface area (Å²) in [6.45, 7) is 0. The first-order valence-corrected chi connectivity index (χ1v) is 13.2. The lowest BCUT2D eigenvalue weighted by Crippen LogP contribution is -2.20. The van der Waals surface area contributed by atoms with Gasteiger partial charge in [0, 0.05) is 35.4 Å². The molecule has 3 N–H and O–H groups in total. The van der Waals surface area contributed by atoms with Gasteiger partial charge in [0.25, 0.3) is 0 Å². The van der Waals surface area contributed by atoms with Crippen molar-refractivity contribution in [1.29, 1.82) is 0 Å². The van der Waals surface area contributed by atoms with Crippen molar-refractivity contribution in [2.75, 3.05) is 21.3 Å². The summed E-state index contributed by atoms with van der Waals surface area (Å²) in [5, 5.41) is 30.9. The fourth-order valence-corrected chi connectivity index (χ4v) is 5.32. The number of phenols is 3. The highest BCUT2D eigenvalue weighted by Crippen LogP contribution is 2.47. The summed E-state index contributed by atoms with van der Waals surface area (Å²) >= 11 is 0. The highest BCUT2D eigenvalue weighted by molar-refractivity contribution is 6.03. The molecule has 2 heterocycles. The molecule has 0 saturated carbocycles. The summed E-state index contributed by atoms with van der Waals surface area (Å²) in [4.78, 5) is 26.4. The Labute approximate surface area is 244 Å². The van der Waals surface area contributed by atoms with E-state index in [4.69, 9.17) is 23.4 Å². The number of Topliss-reactive ketones (excluding diaryl/α,β-unsaturated/α-hetero) is 1. The SMILES string of the molecule is COc1cc(O)c2c(c1)O[C@H](c1ccc(OC)c(-c3c(OC)cc(O)c4c(=O)cc(-c5ccc(O)cc5)oc34)c1)CC2=O. The average Bonchev–Trinajstić information content (AvgIpc) is 3.00. The zero-order valence-corrected chi connectivity index (χ0v) is 23.3. The van der Waals surface area contributed by atoms with Gasteiger partial charge in [-0.05, 0) is 42.0 Å². The Morgan fingerprint density at radius 2 is 1.51 bits per heavy atom. The van der Waals surface area contributed by atoms with Crippen molar-refractivity contribution >= 4 is 16.8 Å². The van der Waals surface area contributed by atoms with Crippen LogP contribution in [0.15, 0.2) is 75.9 Å². The van der Waals surface area contributed by atoms with Crippen LogP contribution in [-0.2, 0) is 0 Å². The summed E-state index contributed by atoms with van der Waals surface area (Å²) in [7, 11) is 4.35.